The van der Waals surface area contributed by atoms with E-state index in [-0.39, 0.29) is 5.82 Å². The van der Waals surface area contributed by atoms with Gasteiger partial charge < -0.3 is 10.1 Å². The van der Waals surface area contributed by atoms with Gasteiger partial charge in [-0.2, -0.15) is 0 Å². The number of halogens is 1. The van der Waals surface area contributed by atoms with Crippen LogP contribution in [0.4, 0.5) is 15.9 Å². The largest absolute Gasteiger partial charge is 0.497 e. The second-order valence-corrected chi connectivity index (χ2v) is 5.47. The molecule has 0 unspecified atom stereocenters. The highest BCUT2D eigenvalue weighted by Gasteiger charge is 2.10. The Bertz CT molecular complexity index is 1010. The van der Waals surface area contributed by atoms with Crippen LogP contribution in [0.5, 0.6) is 5.75 Å². The van der Waals surface area contributed by atoms with Gasteiger partial charge in [0.25, 0.3) is 0 Å². The van der Waals surface area contributed by atoms with E-state index in [4.69, 9.17) is 4.74 Å². The van der Waals surface area contributed by atoms with Gasteiger partial charge in [0.05, 0.1) is 19.0 Å². The number of anilines is 2. The van der Waals surface area contributed by atoms with Crippen LogP contribution < -0.4 is 10.1 Å². The zero-order chi connectivity index (χ0) is 17.2. The van der Waals surface area contributed by atoms with Crippen LogP contribution in [0.15, 0.2) is 67.1 Å². The summed E-state index contributed by atoms with van der Waals surface area (Å²) >= 11 is 0. The van der Waals surface area contributed by atoms with Gasteiger partial charge in [-0.05, 0) is 48.5 Å². The van der Waals surface area contributed by atoms with Gasteiger partial charge in [0.15, 0.2) is 11.5 Å². The lowest BCUT2D eigenvalue weighted by molar-refractivity contribution is 0.415. The maximum atomic E-state index is 13.2. The molecule has 0 aliphatic carbocycles. The van der Waals surface area contributed by atoms with Gasteiger partial charge in [0.1, 0.15) is 11.6 Å². The topological polar surface area (TPSA) is 51.5 Å². The number of nitrogens with one attached hydrogen (secondary N) is 1. The number of rotatable bonds is 4. The van der Waals surface area contributed by atoms with Crippen molar-refractivity contribution in [2.24, 2.45) is 0 Å². The van der Waals surface area contributed by atoms with Crippen molar-refractivity contribution in [2.75, 3.05) is 12.4 Å². The first-order valence-corrected chi connectivity index (χ1v) is 7.74. The second kappa shape index (κ2) is 6.24. The Kier molecular flexibility index (Phi) is 3.78. The summed E-state index contributed by atoms with van der Waals surface area (Å²) in [6.45, 7) is 0. The first kappa shape index (κ1) is 15.1. The summed E-state index contributed by atoms with van der Waals surface area (Å²) in [7, 11) is 1.63. The highest BCUT2D eigenvalue weighted by Crippen LogP contribution is 2.26. The molecule has 0 aliphatic rings. The number of methoxy groups -OCH3 is 1. The van der Waals surface area contributed by atoms with Crippen molar-refractivity contribution >= 4 is 17.2 Å². The van der Waals surface area contributed by atoms with E-state index in [0.717, 1.165) is 22.7 Å². The van der Waals surface area contributed by atoms with E-state index in [1.54, 1.807) is 31.6 Å². The van der Waals surface area contributed by atoms with Crippen molar-refractivity contribution < 1.29 is 9.13 Å². The van der Waals surface area contributed by atoms with Crippen LogP contribution in [-0.4, -0.2) is 21.5 Å². The summed E-state index contributed by atoms with van der Waals surface area (Å²) in [5.74, 6) is 1.16. The molecule has 0 spiro atoms. The highest BCUT2D eigenvalue weighted by molar-refractivity contribution is 5.74. The molecule has 0 radical (unpaired) electrons. The van der Waals surface area contributed by atoms with Crippen LogP contribution >= 0.6 is 0 Å². The van der Waals surface area contributed by atoms with Gasteiger partial charge in [-0.25, -0.2) is 14.4 Å². The van der Waals surface area contributed by atoms with Crippen molar-refractivity contribution in [1.29, 1.82) is 0 Å². The molecule has 2 aromatic heterocycles. The minimum atomic E-state index is -0.267. The van der Waals surface area contributed by atoms with Crippen LogP contribution in [0.25, 0.3) is 16.9 Å². The molecular formula is C19H15FN4O. The SMILES string of the molecule is COc1ccc(Nc2ncc(-c3ccc(F)cc3)n3ccnc23)cc1. The summed E-state index contributed by atoms with van der Waals surface area (Å²) < 4.78 is 20.2. The smallest absolute Gasteiger partial charge is 0.180 e. The molecule has 124 valence electrons. The first-order chi connectivity index (χ1) is 12.2. The van der Waals surface area contributed by atoms with E-state index in [1.807, 2.05) is 34.9 Å². The summed E-state index contributed by atoms with van der Waals surface area (Å²) in [5, 5.41) is 3.26. The standard InChI is InChI=1S/C19H15FN4O/c1-25-16-8-6-15(7-9-16)23-18-19-21-10-11-24(19)17(12-22-18)13-2-4-14(20)5-3-13/h2-12H,1H3,(H,22,23). The minimum absolute atomic E-state index is 0.267. The predicted octanol–water partition coefficient (Wildman–Crippen LogP) is 4.29. The Morgan fingerprint density at radius 1 is 1.00 bits per heavy atom. The average molecular weight is 334 g/mol. The van der Waals surface area contributed by atoms with Gasteiger partial charge in [-0.15, -0.1) is 0 Å². The van der Waals surface area contributed by atoms with Crippen molar-refractivity contribution in [3.63, 3.8) is 0 Å². The summed E-state index contributed by atoms with van der Waals surface area (Å²) in [6, 6.07) is 13.9. The van der Waals surface area contributed by atoms with E-state index < -0.39 is 0 Å². The molecule has 4 rings (SSSR count). The number of imidazole rings is 1. The normalized spacial score (nSPS) is 10.8. The molecule has 5 nitrogen and oxygen atoms in total. The van der Waals surface area contributed by atoms with E-state index in [2.05, 4.69) is 15.3 Å². The van der Waals surface area contributed by atoms with Gasteiger partial charge in [0, 0.05) is 23.6 Å². The molecule has 0 saturated carbocycles. The lowest BCUT2D eigenvalue weighted by Gasteiger charge is -2.11. The predicted molar refractivity (Wildman–Crippen MR) is 94.7 cm³/mol. The fourth-order valence-electron chi connectivity index (χ4n) is 2.65. The van der Waals surface area contributed by atoms with E-state index in [1.165, 1.54) is 12.1 Å². The third-order valence-electron chi connectivity index (χ3n) is 3.92. The van der Waals surface area contributed by atoms with Crippen molar-refractivity contribution in [2.45, 2.75) is 0 Å². The van der Waals surface area contributed by atoms with Crippen LogP contribution in [0, 0.1) is 5.82 Å². The fourth-order valence-corrected chi connectivity index (χ4v) is 2.65. The zero-order valence-electron chi connectivity index (χ0n) is 13.5. The van der Waals surface area contributed by atoms with E-state index >= 15 is 0 Å². The molecule has 0 fully saturated rings. The fraction of sp³-hybridized carbons (Fsp3) is 0.0526. The monoisotopic (exact) mass is 334 g/mol. The second-order valence-electron chi connectivity index (χ2n) is 5.47. The Morgan fingerprint density at radius 2 is 1.76 bits per heavy atom. The third kappa shape index (κ3) is 2.89. The Labute approximate surface area is 143 Å². The number of nitrogens with zero attached hydrogens (tertiary/aromatic N) is 3. The van der Waals surface area contributed by atoms with E-state index in [0.29, 0.717) is 11.5 Å². The van der Waals surface area contributed by atoms with Gasteiger partial charge in [-0.3, -0.25) is 4.40 Å². The zero-order valence-corrected chi connectivity index (χ0v) is 13.5. The number of ether oxygens (including phenoxy) is 1. The quantitative estimate of drug-likeness (QED) is 0.605. The average Bonchev–Trinajstić information content (AvgIpc) is 3.14. The van der Waals surface area contributed by atoms with Crippen LogP contribution in [0.3, 0.4) is 0 Å². The summed E-state index contributed by atoms with van der Waals surface area (Å²) in [6.07, 6.45) is 5.31. The molecule has 2 aromatic carbocycles. The molecule has 0 aliphatic heterocycles. The van der Waals surface area contributed by atoms with Crippen LogP contribution in [0.1, 0.15) is 0 Å². The molecule has 0 bridgehead atoms. The number of benzene rings is 2. The molecule has 0 amide bonds. The molecule has 6 heteroatoms. The molecule has 2 heterocycles. The van der Waals surface area contributed by atoms with Crippen LogP contribution in [-0.2, 0) is 0 Å². The Hall–Kier alpha value is -3.41. The van der Waals surface area contributed by atoms with Gasteiger partial charge in [-0.1, -0.05) is 0 Å². The Morgan fingerprint density at radius 3 is 2.48 bits per heavy atom. The van der Waals surface area contributed by atoms with Crippen molar-refractivity contribution in [3.05, 3.63) is 72.9 Å². The van der Waals surface area contributed by atoms with Crippen molar-refractivity contribution in [3.8, 4) is 17.0 Å². The highest BCUT2D eigenvalue weighted by atomic mass is 19.1. The molecule has 0 atom stereocenters. The lowest BCUT2D eigenvalue weighted by atomic mass is 10.1. The summed E-state index contributed by atoms with van der Waals surface area (Å²) in [5.41, 5.74) is 3.28. The third-order valence-corrected chi connectivity index (χ3v) is 3.92. The Balaban J connectivity index is 1.73. The first-order valence-electron chi connectivity index (χ1n) is 7.74. The van der Waals surface area contributed by atoms with Gasteiger partial charge in [0.2, 0.25) is 0 Å². The molecular weight excluding hydrogens is 319 g/mol. The van der Waals surface area contributed by atoms with Gasteiger partial charge >= 0.3 is 0 Å². The number of fused-ring (bicyclic) bond motifs is 1. The lowest BCUT2D eigenvalue weighted by Crippen LogP contribution is -2.00. The number of aromatic nitrogens is 3. The molecule has 1 N–H and O–H groups in total. The maximum absolute atomic E-state index is 13.2. The summed E-state index contributed by atoms with van der Waals surface area (Å²) in [4.78, 5) is 8.89. The molecule has 0 saturated heterocycles. The maximum Gasteiger partial charge on any atom is 0.180 e. The van der Waals surface area contributed by atoms with E-state index in [9.17, 15) is 4.39 Å². The number of hydrogen-bond acceptors (Lipinski definition) is 4. The van der Waals surface area contributed by atoms with Crippen molar-refractivity contribution in [1.82, 2.24) is 14.4 Å². The number of hydrogen-bond donors (Lipinski definition) is 1. The minimum Gasteiger partial charge on any atom is -0.497 e. The van der Waals surface area contributed by atoms with Crippen LogP contribution in [0.2, 0.25) is 0 Å². The molecule has 25 heavy (non-hydrogen) atoms. The molecule has 4 aromatic rings.